The lowest BCUT2D eigenvalue weighted by atomic mass is 10.2. The number of rotatable bonds is 7. The van der Waals surface area contributed by atoms with Gasteiger partial charge in [0.1, 0.15) is 10.6 Å². The Kier molecular flexibility index (Phi) is 7.33. The number of para-hydroxylation sites is 1. The summed E-state index contributed by atoms with van der Waals surface area (Å²) in [6.45, 7) is 5.30. The summed E-state index contributed by atoms with van der Waals surface area (Å²) in [6, 6.07) is 7.75. The molecule has 1 aromatic heterocycles. The van der Waals surface area contributed by atoms with Gasteiger partial charge in [0.05, 0.1) is 23.2 Å². The Morgan fingerprint density at radius 3 is 2.61 bits per heavy atom. The van der Waals surface area contributed by atoms with Crippen LogP contribution in [0.4, 0.5) is 4.79 Å². The molecule has 0 aliphatic rings. The topological polar surface area (TPSA) is 97.8 Å². The van der Waals surface area contributed by atoms with Gasteiger partial charge in [-0.2, -0.15) is 0 Å². The predicted molar refractivity (Wildman–Crippen MR) is 106 cm³/mol. The molecule has 0 aliphatic carbocycles. The fraction of sp³-hybridized carbons (Fsp3) is 0.474. The van der Waals surface area contributed by atoms with Gasteiger partial charge < -0.3 is 19.7 Å². The van der Waals surface area contributed by atoms with Crippen molar-refractivity contribution in [1.29, 1.82) is 0 Å². The minimum Gasteiger partial charge on any atom is -0.456 e. The maximum atomic E-state index is 12.1. The number of carbonyl (C=O) groups is 3. The highest BCUT2D eigenvalue weighted by atomic mass is 32.1. The minimum absolute atomic E-state index is 0.0475. The number of hydrogen-bond acceptors (Lipinski definition) is 7. The van der Waals surface area contributed by atoms with Crippen LogP contribution in [0.5, 0.6) is 0 Å². The Morgan fingerprint density at radius 2 is 1.93 bits per heavy atom. The average Bonchev–Trinajstić information content (AvgIpc) is 3.00. The Balaban J connectivity index is 1.69. The monoisotopic (exact) mass is 407 g/mol. The second-order valence-electron chi connectivity index (χ2n) is 7.16. The molecule has 2 rings (SSSR count). The number of thiazole rings is 1. The van der Waals surface area contributed by atoms with Crippen molar-refractivity contribution in [3.8, 4) is 0 Å². The zero-order valence-corrected chi connectivity index (χ0v) is 17.3. The number of nitrogens with one attached hydrogen (secondary N) is 1. The highest BCUT2D eigenvalue weighted by Gasteiger charge is 2.17. The molecule has 0 saturated heterocycles. The van der Waals surface area contributed by atoms with Crippen molar-refractivity contribution in [3.63, 3.8) is 0 Å². The zero-order valence-electron chi connectivity index (χ0n) is 16.5. The molecule has 0 saturated carbocycles. The first kappa shape index (κ1) is 21.6. The quantitative estimate of drug-likeness (QED) is 0.709. The molecule has 0 aliphatic heterocycles. The van der Waals surface area contributed by atoms with Gasteiger partial charge in [-0.25, -0.2) is 9.78 Å². The van der Waals surface area contributed by atoms with Gasteiger partial charge >= 0.3 is 12.1 Å². The maximum Gasteiger partial charge on any atom is 0.407 e. The van der Waals surface area contributed by atoms with E-state index in [0.29, 0.717) is 6.54 Å². The van der Waals surface area contributed by atoms with Crippen molar-refractivity contribution in [2.45, 2.75) is 39.3 Å². The largest absolute Gasteiger partial charge is 0.456 e. The third-order valence-corrected chi connectivity index (χ3v) is 4.51. The SMILES string of the molecule is CN(Cc1nc2ccccc2s1)C(=O)COC(=O)CCNC(=O)OC(C)(C)C. The first-order valence-electron chi connectivity index (χ1n) is 8.85. The van der Waals surface area contributed by atoms with E-state index in [4.69, 9.17) is 9.47 Å². The number of amides is 2. The molecule has 2 amide bonds. The van der Waals surface area contributed by atoms with E-state index < -0.39 is 17.7 Å². The molecule has 1 aromatic carbocycles. The smallest absolute Gasteiger partial charge is 0.407 e. The van der Waals surface area contributed by atoms with Crippen LogP contribution in [0.1, 0.15) is 32.2 Å². The molecule has 0 atom stereocenters. The normalized spacial score (nSPS) is 11.1. The maximum absolute atomic E-state index is 12.1. The Hall–Kier alpha value is -2.68. The number of nitrogens with zero attached hydrogens (tertiary/aromatic N) is 2. The number of ether oxygens (including phenoxy) is 2. The molecule has 0 fully saturated rings. The number of likely N-dealkylation sites (N-methyl/N-ethyl adjacent to an activating group) is 1. The van der Waals surface area contributed by atoms with Crippen LogP contribution in [0.15, 0.2) is 24.3 Å². The number of hydrogen-bond donors (Lipinski definition) is 1. The molecule has 8 nitrogen and oxygen atoms in total. The highest BCUT2D eigenvalue weighted by molar-refractivity contribution is 7.18. The van der Waals surface area contributed by atoms with E-state index in [1.165, 1.54) is 16.2 Å². The van der Waals surface area contributed by atoms with Crippen molar-refractivity contribution in [2.24, 2.45) is 0 Å². The van der Waals surface area contributed by atoms with Crippen molar-refractivity contribution in [2.75, 3.05) is 20.2 Å². The van der Waals surface area contributed by atoms with E-state index in [1.807, 2.05) is 24.3 Å². The van der Waals surface area contributed by atoms with Gasteiger partial charge in [-0.3, -0.25) is 9.59 Å². The molecule has 0 radical (unpaired) electrons. The molecule has 9 heteroatoms. The van der Waals surface area contributed by atoms with Crippen molar-refractivity contribution < 1.29 is 23.9 Å². The summed E-state index contributed by atoms with van der Waals surface area (Å²) in [5.41, 5.74) is 0.289. The second kappa shape index (κ2) is 9.50. The molecule has 0 unspecified atom stereocenters. The van der Waals surface area contributed by atoms with Gasteiger partial charge in [-0.05, 0) is 32.9 Å². The molecule has 0 bridgehead atoms. The molecule has 1 heterocycles. The number of fused-ring (bicyclic) bond motifs is 1. The zero-order chi connectivity index (χ0) is 20.7. The van der Waals surface area contributed by atoms with Crippen LogP contribution < -0.4 is 5.32 Å². The van der Waals surface area contributed by atoms with Gasteiger partial charge in [0.15, 0.2) is 6.61 Å². The fourth-order valence-corrected chi connectivity index (χ4v) is 3.20. The van der Waals surface area contributed by atoms with Crippen LogP contribution >= 0.6 is 11.3 Å². The summed E-state index contributed by atoms with van der Waals surface area (Å²) in [7, 11) is 1.63. The van der Waals surface area contributed by atoms with Crippen molar-refractivity contribution in [1.82, 2.24) is 15.2 Å². The molecular weight excluding hydrogens is 382 g/mol. The number of alkyl carbamates (subject to hydrolysis) is 1. The summed E-state index contributed by atoms with van der Waals surface area (Å²) >= 11 is 1.52. The number of esters is 1. The Bertz CT molecular complexity index is 810. The molecular formula is C19H25N3O5S. The van der Waals surface area contributed by atoms with E-state index in [9.17, 15) is 14.4 Å². The fourth-order valence-electron chi connectivity index (χ4n) is 2.18. The third-order valence-electron chi connectivity index (χ3n) is 3.49. The number of benzene rings is 1. The Morgan fingerprint density at radius 1 is 1.21 bits per heavy atom. The summed E-state index contributed by atoms with van der Waals surface area (Å²) in [4.78, 5) is 41.3. The second-order valence-corrected chi connectivity index (χ2v) is 8.28. The Labute approximate surface area is 167 Å². The summed E-state index contributed by atoms with van der Waals surface area (Å²) in [5.74, 6) is -0.898. The number of carbonyl (C=O) groups excluding carboxylic acids is 3. The summed E-state index contributed by atoms with van der Waals surface area (Å²) in [5, 5.41) is 3.27. The van der Waals surface area contributed by atoms with Crippen LogP contribution in [-0.4, -0.2) is 53.7 Å². The van der Waals surface area contributed by atoms with Crippen molar-refractivity contribution >= 4 is 39.5 Å². The van der Waals surface area contributed by atoms with E-state index in [0.717, 1.165) is 15.2 Å². The van der Waals surface area contributed by atoms with Gasteiger partial charge in [-0.1, -0.05) is 12.1 Å². The van der Waals surface area contributed by atoms with Gasteiger partial charge in [0.25, 0.3) is 5.91 Å². The molecule has 152 valence electrons. The standard InChI is InChI=1S/C19H25N3O5S/c1-19(2,3)27-18(25)20-10-9-17(24)26-12-16(23)22(4)11-15-21-13-7-5-6-8-14(13)28-15/h5-8H,9-12H2,1-4H3,(H,20,25). The molecule has 28 heavy (non-hydrogen) atoms. The van der Waals surface area contributed by atoms with Gasteiger partial charge in [0.2, 0.25) is 0 Å². The lowest BCUT2D eigenvalue weighted by Crippen LogP contribution is -2.34. The van der Waals surface area contributed by atoms with Crippen LogP contribution in [0.3, 0.4) is 0 Å². The van der Waals surface area contributed by atoms with Crippen molar-refractivity contribution in [3.05, 3.63) is 29.3 Å². The predicted octanol–water partition coefficient (Wildman–Crippen LogP) is 2.71. The van der Waals surface area contributed by atoms with Crippen LogP contribution in [0, 0.1) is 0 Å². The van der Waals surface area contributed by atoms with Crippen LogP contribution in [0.25, 0.3) is 10.2 Å². The lowest BCUT2D eigenvalue weighted by molar-refractivity contribution is -0.151. The van der Waals surface area contributed by atoms with Gasteiger partial charge in [-0.15, -0.1) is 11.3 Å². The molecule has 1 N–H and O–H groups in total. The minimum atomic E-state index is -0.606. The highest BCUT2D eigenvalue weighted by Crippen LogP contribution is 2.22. The summed E-state index contributed by atoms with van der Waals surface area (Å²) in [6.07, 6.45) is -0.652. The first-order chi connectivity index (χ1) is 13.1. The van der Waals surface area contributed by atoms with Gasteiger partial charge in [0, 0.05) is 13.6 Å². The summed E-state index contributed by atoms with van der Waals surface area (Å²) < 4.78 is 11.1. The molecule has 2 aromatic rings. The van der Waals surface area contributed by atoms with E-state index in [-0.39, 0.29) is 25.5 Å². The van der Waals surface area contributed by atoms with Crippen LogP contribution in [0.2, 0.25) is 0 Å². The van der Waals surface area contributed by atoms with E-state index in [1.54, 1.807) is 27.8 Å². The average molecular weight is 407 g/mol. The lowest BCUT2D eigenvalue weighted by Gasteiger charge is -2.19. The van der Waals surface area contributed by atoms with E-state index >= 15 is 0 Å². The van der Waals surface area contributed by atoms with Crippen LogP contribution in [-0.2, 0) is 25.6 Å². The first-order valence-corrected chi connectivity index (χ1v) is 9.66. The number of aromatic nitrogens is 1. The third kappa shape index (κ3) is 7.15. The molecule has 0 spiro atoms. The van der Waals surface area contributed by atoms with E-state index in [2.05, 4.69) is 10.3 Å².